The Bertz CT molecular complexity index is 714. The highest BCUT2D eigenvalue weighted by Gasteiger charge is 2.31. The molecule has 0 aliphatic heterocycles. The quantitative estimate of drug-likeness (QED) is 0.111. The van der Waals surface area contributed by atoms with Crippen molar-refractivity contribution in [2.75, 3.05) is 6.61 Å². The van der Waals surface area contributed by atoms with Crippen molar-refractivity contribution in [2.24, 2.45) is 11.5 Å². The number of primary amides is 1. The third-order valence-corrected chi connectivity index (χ3v) is 4.21. The van der Waals surface area contributed by atoms with Crippen LogP contribution in [0.3, 0.4) is 0 Å². The molecule has 0 rings (SSSR count). The summed E-state index contributed by atoms with van der Waals surface area (Å²) in [6.45, 7) is 0.268. The second-order valence-electron chi connectivity index (χ2n) is 6.91. The first kappa shape index (κ1) is 28.7. The van der Waals surface area contributed by atoms with Crippen molar-refractivity contribution in [2.45, 2.75) is 62.9 Å². The third-order valence-electron chi connectivity index (χ3n) is 4.21. The molecule has 0 fully saturated rings. The number of aliphatic carboxylic acids is 2. The summed E-state index contributed by atoms with van der Waals surface area (Å²) in [7, 11) is 0. The van der Waals surface area contributed by atoms with Gasteiger partial charge in [0.25, 0.3) is 0 Å². The number of nitrogens with two attached hydrogens (primary N) is 2. The number of hydrogen-bond acceptors (Lipinski definition) is 9. The lowest BCUT2D eigenvalue weighted by Gasteiger charge is -2.25. The predicted octanol–water partition coefficient (Wildman–Crippen LogP) is -4.64. The van der Waals surface area contributed by atoms with Crippen LogP contribution < -0.4 is 27.4 Å². The van der Waals surface area contributed by atoms with Gasteiger partial charge in [-0.05, 0) is 19.8 Å². The number of hydrogen-bond donors (Lipinski definition) is 9. The van der Waals surface area contributed by atoms with Gasteiger partial charge in [0.2, 0.25) is 23.6 Å². The Hall–Kier alpha value is -3.30. The molecule has 0 aromatic carbocycles. The van der Waals surface area contributed by atoms with Crippen molar-refractivity contribution in [1.82, 2.24) is 16.0 Å². The molecular formula is C17H29N5O10. The molecule has 0 heterocycles. The molecule has 4 amide bonds. The van der Waals surface area contributed by atoms with E-state index in [9.17, 15) is 33.9 Å². The number of carbonyl (C=O) groups is 6. The number of rotatable bonds is 15. The van der Waals surface area contributed by atoms with Gasteiger partial charge >= 0.3 is 11.9 Å². The first-order valence-corrected chi connectivity index (χ1v) is 9.48. The van der Waals surface area contributed by atoms with E-state index in [1.54, 1.807) is 0 Å². The van der Waals surface area contributed by atoms with Crippen molar-refractivity contribution in [3.63, 3.8) is 0 Å². The van der Waals surface area contributed by atoms with Crippen molar-refractivity contribution in [3.8, 4) is 0 Å². The minimum atomic E-state index is -1.71. The molecule has 32 heavy (non-hydrogen) atoms. The Kier molecular flexibility index (Phi) is 12.5. The van der Waals surface area contributed by atoms with Gasteiger partial charge in [0.1, 0.15) is 24.2 Å². The molecule has 5 atom stereocenters. The second-order valence-corrected chi connectivity index (χ2v) is 6.91. The Labute approximate surface area is 182 Å². The van der Waals surface area contributed by atoms with Gasteiger partial charge in [-0.1, -0.05) is 0 Å². The first-order chi connectivity index (χ1) is 14.8. The van der Waals surface area contributed by atoms with E-state index in [1.807, 2.05) is 5.32 Å². The summed E-state index contributed by atoms with van der Waals surface area (Å²) in [5.41, 5.74) is 10.6. The monoisotopic (exact) mass is 463 g/mol. The molecule has 11 N–H and O–H groups in total. The lowest BCUT2D eigenvalue weighted by molar-refractivity contribution is -0.144. The van der Waals surface area contributed by atoms with Gasteiger partial charge in [-0.15, -0.1) is 0 Å². The Balaban J connectivity index is 5.55. The van der Waals surface area contributed by atoms with Crippen LogP contribution in [0, 0.1) is 0 Å². The Morgan fingerprint density at radius 1 is 0.812 bits per heavy atom. The molecule has 5 unspecified atom stereocenters. The van der Waals surface area contributed by atoms with E-state index in [4.69, 9.17) is 26.8 Å². The van der Waals surface area contributed by atoms with Gasteiger partial charge in [0, 0.05) is 12.8 Å². The molecule has 15 heteroatoms. The van der Waals surface area contributed by atoms with E-state index in [0.717, 1.165) is 0 Å². The molecule has 0 bridgehead atoms. The molecule has 0 spiro atoms. The van der Waals surface area contributed by atoms with Crippen molar-refractivity contribution < 1.29 is 49.2 Å². The van der Waals surface area contributed by atoms with Crippen LogP contribution in [0.2, 0.25) is 0 Å². The standard InChI is InChI=1S/C17H29N5O10/c1-7(24)13(19)16(30)21-8(2-4-11(18)25)14(28)20-9(3-5-12(26)27)15(29)22-10(6-23)17(31)32/h7-10,13,23-24H,2-6,19H2,1H3,(H2,18,25)(H,20,28)(H,21,30)(H,22,29)(H,26,27)(H,31,32). The number of aliphatic hydroxyl groups excluding tert-OH is 2. The average molecular weight is 463 g/mol. The molecular weight excluding hydrogens is 434 g/mol. The van der Waals surface area contributed by atoms with E-state index in [-0.39, 0.29) is 12.8 Å². The number of aliphatic hydroxyl groups is 2. The molecule has 15 nitrogen and oxygen atoms in total. The topological polar surface area (TPSA) is 271 Å². The van der Waals surface area contributed by atoms with Crippen LogP contribution in [0.25, 0.3) is 0 Å². The summed E-state index contributed by atoms with van der Waals surface area (Å²) in [6.07, 6.45) is -2.95. The Morgan fingerprint density at radius 2 is 1.25 bits per heavy atom. The van der Waals surface area contributed by atoms with E-state index in [2.05, 4.69) is 10.6 Å². The predicted molar refractivity (Wildman–Crippen MR) is 105 cm³/mol. The van der Waals surface area contributed by atoms with Crippen LogP contribution in [0.5, 0.6) is 0 Å². The molecule has 0 aromatic heterocycles. The fourth-order valence-electron chi connectivity index (χ4n) is 2.31. The SMILES string of the molecule is CC(O)C(N)C(=O)NC(CCC(N)=O)C(=O)NC(CCC(=O)O)C(=O)NC(CO)C(=O)O. The largest absolute Gasteiger partial charge is 0.481 e. The fourth-order valence-corrected chi connectivity index (χ4v) is 2.31. The number of amides is 4. The summed E-state index contributed by atoms with van der Waals surface area (Å²) in [6, 6.07) is -6.11. The minimum Gasteiger partial charge on any atom is -0.481 e. The van der Waals surface area contributed by atoms with Crippen LogP contribution >= 0.6 is 0 Å². The van der Waals surface area contributed by atoms with Gasteiger partial charge in [0.05, 0.1) is 12.7 Å². The maximum atomic E-state index is 12.7. The van der Waals surface area contributed by atoms with Crippen molar-refractivity contribution in [3.05, 3.63) is 0 Å². The third kappa shape index (κ3) is 10.6. The summed E-state index contributed by atoms with van der Waals surface area (Å²) in [4.78, 5) is 70.1. The van der Waals surface area contributed by atoms with E-state index >= 15 is 0 Å². The molecule has 0 aliphatic rings. The van der Waals surface area contributed by atoms with E-state index < -0.39 is 85.3 Å². The minimum absolute atomic E-state index is 0.304. The molecule has 182 valence electrons. The average Bonchev–Trinajstić information content (AvgIpc) is 2.70. The summed E-state index contributed by atoms with van der Waals surface area (Å²) in [5, 5.41) is 42.6. The number of carboxylic acids is 2. The maximum Gasteiger partial charge on any atom is 0.328 e. The van der Waals surface area contributed by atoms with Crippen LogP contribution in [0.4, 0.5) is 0 Å². The molecule has 0 saturated heterocycles. The second kappa shape index (κ2) is 13.9. The normalized spacial score (nSPS) is 15.4. The van der Waals surface area contributed by atoms with Gasteiger partial charge < -0.3 is 47.8 Å². The van der Waals surface area contributed by atoms with Crippen molar-refractivity contribution in [1.29, 1.82) is 0 Å². The fraction of sp³-hybridized carbons (Fsp3) is 0.647. The van der Waals surface area contributed by atoms with E-state index in [0.29, 0.717) is 0 Å². The highest BCUT2D eigenvalue weighted by atomic mass is 16.4. The van der Waals surface area contributed by atoms with Crippen LogP contribution in [-0.2, 0) is 28.8 Å². The molecule has 0 radical (unpaired) electrons. The van der Waals surface area contributed by atoms with Crippen molar-refractivity contribution >= 4 is 35.6 Å². The van der Waals surface area contributed by atoms with Gasteiger partial charge in [-0.25, -0.2) is 4.79 Å². The summed E-state index contributed by atoms with van der Waals surface area (Å²) >= 11 is 0. The molecule has 0 aromatic rings. The zero-order chi connectivity index (χ0) is 25.0. The lowest BCUT2D eigenvalue weighted by atomic mass is 10.1. The molecule has 0 saturated carbocycles. The highest BCUT2D eigenvalue weighted by molar-refractivity contribution is 5.94. The Morgan fingerprint density at radius 3 is 1.62 bits per heavy atom. The number of nitrogens with one attached hydrogen (secondary N) is 3. The molecule has 0 aliphatic carbocycles. The van der Waals surface area contributed by atoms with Crippen LogP contribution in [0.15, 0.2) is 0 Å². The van der Waals surface area contributed by atoms with Gasteiger partial charge in [0.15, 0.2) is 0 Å². The van der Waals surface area contributed by atoms with Gasteiger partial charge in [-0.2, -0.15) is 0 Å². The van der Waals surface area contributed by atoms with Crippen LogP contribution in [-0.4, -0.2) is 92.9 Å². The first-order valence-electron chi connectivity index (χ1n) is 9.48. The zero-order valence-corrected chi connectivity index (χ0v) is 17.3. The van der Waals surface area contributed by atoms with Crippen LogP contribution in [0.1, 0.15) is 32.6 Å². The number of carbonyl (C=O) groups excluding carboxylic acids is 4. The summed E-state index contributed by atoms with van der Waals surface area (Å²) in [5.74, 6) is -6.73. The number of carboxylic acid groups (broad SMARTS) is 2. The highest BCUT2D eigenvalue weighted by Crippen LogP contribution is 2.04. The summed E-state index contributed by atoms with van der Waals surface area (Å²) < 4.78 is 0. The smallest absolute Gasteiger partial charge is 0.328 e. The lowest BCUT2D eigenvalue weighted by Crippen LogP contribution is -2.58. The maximum absolute atomic E-state index is 12.7. The van der Waals surface area contributed by atoms with E-state index in [1.165, 1.54) is 6.92 Å². The van der Waals surface area contributed by atoms with Gasteiger partial charge in [-0.3, -0.25) is 24.0 Å². The zero-order valence-electron chi connectivity index (χ0n) is 17.3.